The van der Waals surface area contributed by atoms with Crippen LogP contribution in [0.25, 0.3) is 0 Å². The summed E-state index contributed by atoms with van der Waals surface area (Å²) in [6, 6.07) is 5.32. The molecule has 10 heteroatoms. The SMILES string of the molecule is CC(C)C(=O)c1ccc(Oc2ccc(C(F)(F)C(F)(F)C(F)(F)F)cc2)c(F)c1. The maximum absolute atomic E-state index is 14.1. The zero-order chi connectivity index (χ0) is 22.2. The van der Waals surface area contributed by atoms with Gasteiger partial charge in [-0.2, -0.15) is 30.7 Å². The predicted octanol–water partition coefficient (Wildman–Crippen LogP) is 6.75. The van der Waals surface area contributed by atoms with Crippen LogP contribution in [0.15, 0.2) is 42.5 Å². The molecule has 0 aromatic heterocycles. The molecule has 158 valence electrons. The van der Waals surface area contributed by atoms with Gasteiger partial charge in [-0.3, -0.25) is 4.79 Å². The first-order valence-corrected chi connectivity index (χ1v) is 8.13. The quantitative estimate of drug-likeness (QED) is 0.378. The number of carbonyl (C=O) groups is 1. The molecule has 0 bridgehead atoms. The molecule has 2 aromatic carbocycles. The molecule has 0 atom stereocenters. The second kappa shape index (κ2) is 7.64. The second-order valence-corrected chi connectivity index (χ2v) is 6.44. The molecule has 0 fully saturated rings. The fourth-order valence-electron chi connectivity index (χ4n) is 2.29. The third kappa shape index (κ3) is 4.35. The van der Waals surface area contributed by atoms with Gasteiger partial charge in [-0.25, -0.2) is 4.39 Å². The highest BCUT2D eigenvalue weighted by atomic mass is 19.4. The van der Waals surface area contributed by atoms with E-state index in [1.54, 1.807) is 13.8 Å². The summed E-state index contributed by atoms with van der Waals surface area (Å²) in [5, 5.41) is 0. The van der Waals surface area contributed by atoms with Crippen LogP contribution in [-0.2, 0) is 5.92 Å². The number of rotatable bonds is 6. The van der Waals surface area contributed by atoms with Gasteiger partial charge in [0.15, 0.2) is 17.3 Å². The zero-order valence-electron chi connectivity index (χ0n) is 15.0. The lowest BCUT2D eigenvalue weighted by Gasteiger charge is -2.28. The Labute approximate surface area is 160 Å². The average Bonchev–Trinajstić information content (AvgIpc) is 2.62. The second-order valence-electron chi connectivity index (χ2n) is 6.44. The van der Waals surface area contributed by atoms with Gasteiger partial charge in [0, 0.05) is 17.0 Å². The summed E-state index contributed by atoms with van der Waals surface area (Å²) in [6.07, 6.45) is -6.45. The molecule has 0 amide bonds. The molecule has 0 saturated carbocycles. The van der Waals surface area contributed by atoms with Crippen molar-refractivity contribution in [2.75, 3.05) is 0 Å². The van der Waals surface area contributed by atoms with E-state index in [1.807, 2.05) is 0 Å². The molecule has 29 heavy (non-hydrogen) atoms. The van der Waals surface area contributed by atoms with Gasteiger partial charge in [-0.05, 0) is 42.5 Å². The molecular weight excluding hydrogens is 412 g/mol. The van der Waals surface area contributed by atoms with Crippen molar-refractivity contribution in [3.05, 3.63) is 59.4 Å². The van der Waals surface area contributed by atoms with Gasteiger partial charge in [0.05, 0.1) is 0 Å². The fourth-order valence-corrected chi connectivity index (χ4v) is 2.29. The summed E-state index contributed by atoms with van der Waals surface area (Å²) in [6.45, 7) is 3.23. The topological polar surface area (TPSA) is 26.3 Å². The largest absolute Gasteiger partial charge is 0.460 e. The first-order valence-electron chi connectivity index (χ1n) is 8.13. The van der Waals surface area contributed by atoms with Crippen LogP contribution in [0.4, 0.5) is 35.1 Å². The molecule has 0 N–H and O–H groups in total. The maximum atomic E-state index is 14.1. The molecule has 0 aliphatic heterocycles. The molecule has 2 rings (SSSR count). The van der Waals surface area contributed by atoms with E-state index in [-0.39, 0.29) is 23.0 Å². The summed E-state index contributed by atoms with van der Waals surface area (Å²) in [4.78, 5) is 11.8. The van der Waals surface area contributed by atoms with E-state index < -0.39 is 35.2 Å². The van der Waals surface area contributed by atoms with Gasteiger partial charge < -0.3 is 4.74 Å². The summed E-state index contributed by atoms with van der Waals surface area (Å²) in [5.41, 5.74) is -1.51. The van der Waals surface area contributed by atoms with Crippen LogP contribution in [0.3, 0.4) is 0 Å². The van der Waals surface area contributed by atoms with Crippen molar-refractivity contribution in [2.45, 2.75) is 31.9 Å². The summed E-state index contributed by atoms with van der Waals surface area (Å²) < 4.78 is 109. The number of alkyl halides is 7. The smallest absolute Gasteiger partial charge is 0.454 e. The molecule has 0 heterocycles. The first-order chi connectivity index (χ1) is 13.2. The van der Waals surface area contributed by atoms with E-state index in [2.05, 4.69) is 0 Å². The Kier molecular flexibility index (Phi) is 5.97. The van der Waals surface area contributed by atoms with E-state index >= 15 is 0 Å². The van der Waals surface area contributed by atoms with Crippen LogP contribution in [-0.4, -0.2) is 17.9 Å². The highest BCUT2D eigenvalue weighted by molar-refractivity contribution is 5.97. The van der Waals surface area contributed by atoms with Gasteiger partial charge in [0.2, 0.25) is 0 Å². The minimum atomic E-state index is -6.45. The van der Waals surface area contributed by atoms with Crippen LogP contribution in [0, 0.1) is 11.7 Å². The van der Waals surface area contributed by atoms with E-state index in [9.17, 15) is 39.9 Å². The number of benzene rings is 2. The molecule has 2 aromatic rings. The standard InChI is InChI=1S/C19H14F8O2/c1-10(2)16(28)11-3-8-15(14(20)9-11)29-13-6-4-12(5-7-13)17(21,22)18(23,24)19(25,26)27/h3-10H,1-2H3. The van der Waals surface area contributed by atoms with E-state index in [0.717, 1.165) is 12.1 Å². The summed E-state index contributed by atoms with van der Waals surface area (Å²) in [7, 11) is 0. The highest BCUT2D eigenvalue weighted by Gasteiger charge is 2.73. The Bertz CT molecular complexity index is 886. The summed E-state index contributed by atoms with van der Waals surface area (Å²) in [5.74, 6) is -14.2. The van der Waals surface area contributed by atoms with Crippen LogP contribution >= 0.6 is 0 Å². The molecule has 0 saturated heterocycles. The zero-order valence-corrected chi connectivity index (χ0v) is 15.0. The van der Waals surface area contributed by atoms with Crippen molar-refractivity contribution in [3.63, 3.8) is 0 Å². The van der Waals surface area contributed by atoms with Crippen LogP contribution in [0.1, 0.15) is 29.8 Å². The van der Waals surface area contributed by atoms with Crippen LogP contribution < -0.4 is 4.74 Å². The van der Waals surface area contributed by atoms with Gasteiger partial charge >= 0.3 is 18.0 Å². The van der Waals surface area contributed by atoms with Gasteiger partial charge in [-0.1, -0.05) is 13.8 Å². The molecule has 2 nitrogen and oxygen atoms in total. The monoisotopic (exact) mass is 426 g/mol. The molecule has 0 spiro atoms. The van der Waals surface area contributed by atoms with Crippen LogP contribution in [0.5, 0.6) is 11.5 Å². The van der Waals surface area contributed by atoms with Crippen molar-refractivity contribution >= 4 is 5.78 Å². The number of ether oxygens (including phenoxy) is 1. The third-order valence-corrected chi connectivity index (χ3v) is 3.94. The Hall–Kier alpha value is -2.65. The number of ketones is 1. The first kappa shape index (κ1) is 22.6. The number of hydrogen-bond acceptors (Lipinski definition) is 2. The van der Waals surface area contributed by atoms with Gasteiger partial charge in [0.1, 0.15) is 5.75 Å². The van der Waals surface area contributed by atoms with E-state index in [1.165, 1.54) is 6.07 Å². The Morgan fingerprint density at radius 1 is 0.897 bits per heavy atom. The normalized spacial score (nSPS) is 12.9. The van der Waals surface area contributed by atoms with Gasteiger partial charge in [-0.15, -0.1) is 0 Å². The van der Waals surface area contributed by atoms with Crippen molar-refractivity contribution in [1.82, 2.24) is 0 Å². The maximum Gasteiger partial charge on any atom is 0.460 e. The third-order valence-electron chi connectivity index (χ3n) is 3.94. The number of halogens is 8. The minimum Gasteiger partial charge on any atom is -0.454 e. The van der Waals surface area contributed by atoms with Crippen molar-refractivity contribution in [3.8, 4) is 11.5 Å². The molecule has 0 radical (unpaired) electrons. The molecule has 0 unspecified atom stereocenters. The molecule has 0 aliphatic rings. The van der Waals surface area contributed by atoms with Crippen molar-refractivity contribution < 1.29 is 44.7 Å². The Morgan fingerprint density at radius 3 is 1.90 bits per heavy atom. The van der Waals surface area contributed by atoms with E-state index in [0.29, 0.717) is 24.3 Å². The lowest BCUT2D eigenvalue weighted by atomic mass is 10.0. The van der Waals surface area contributed by atoms with Crippen LogP contribution in [0.2, 0.25) is 0 Å². The number of carbonyl (C=O) groups excluding carboxylic acids is 1. The fraction of sp³-hybridized carbons (Fsp3) is 0.316. The predicted molar refractivity (Wildman–Crippen MR) is 87.0 cm³/mol. The molecule has 0 aliphatic carbocycles. The average molecular weight is 426 g/mol. The number of hydrogen-bond donors (Lipinski definition) is 0. The lowest BCUT2D eigenvalue weighted by molar-refractivity contribution is -0.359. The highest BCUT2D eigenvalue weighted by Crippen LogP contribution is 2.51. The van der Waals surface area contributed by atoms with E-state index in [4.69, 9.17) is 4.74 Å². The minimum absolute atomic E-state index is 0.0780. The van der Waals surface area contributed by atoms with Crippen molar-refractivity contribution in [2.24, 2.45) is 5.92 Å². The van der Waals surface area contributed by atoms with Gasteiger partial charge in [0.25, 0.3) is 0 Å². The Morgan fingerprint density at radius 2 is 1.45 bits per heavy atom. The molecular formula is C19H14F8O2. The van der Waals surface area contributed by atoms with Crippen molar-refractivity contribution in [1.29, 1.82) is 0 Å². The lowest BCUT2D eigenvalue weighted by Crippen LogP contribution is -2.49. The Balaban J connectivity index is 2.25. The number of Topliss-reactive ketones (excluding diaryl/α,β-unsaturated/α-hetero) is 1. The summed E-state index contributed by atoms with van der Waals surface area (Å²) >= 11 is 0.